The van der Waals surface area contributed by atoms with Crippen molar-refractivity contribution in [2.75, 3.05) is 57.0 Å². The lowest BCUT2D eigenvalue weighted by atomic mass is 9.88. The van der Waals surface area contributed by atoms with Gasteiger partial charge in [0.2, 0.25) is 5.91 Å². The molecular formula is C47H65N4O4S3+. The van der Waals surface area contributed by atoms with Crippen LogP contribution in [-0.4, -0.2) is 76.8 Å². The van der Waals surface area contributed by atoms with Crippen LogP contribution in [0, 0.1) is 17.2 Å². The molecule has 2 aromatic rings. The van der Waals surface area contributed by atoms with E-state index in [1.165, 1.54) is 23.5 Å². The van der Waals surface area contributed by atoms with E-state index in [9.17, 15) is 14.9 Å². The first-order valence-electron chi connectivity index (χ1n) is 20.9. The molecule has 0 spiro atoms. The second-order valence-corrected chi connectivity index (χ2v) is 18.8. The Kier molecular flexibility index (Phi) is 20.4. The number of thioether (sulfide) groups is 2. The van der Waals surface area contributed by atoms with E-state index in [-0.39, 0.29) is 25.5 Å². The second kappa shape index (κ2) is 24.3. The lowest BCUT2D eigenvalue weighted by Gasteiger charge is -2.39. The summed E-state index contributed by atoms with van der Waals surface area (Å²) < 4.78 is 12.8. The van der Waals surface area contributed by atoms with Crippen LogP contribution in [0.1, 0.15) is 115 Å². The number of likely N-dealkylation sites (N-methyl/N-ethyl adjacent to an activating group) is 1. The van der Waals surface area contributed by atoms with Crippen LogP contribution < -0.4 is 15.0 Å². The molecule has 0 aromatic heterocycles. The Morgan fingerprint density at radius 2 is 1.84 bits per heavy atom. The van der Waals surface area contributed by atoms with Crippen molar-refractivity contribution in [3.8, 4) is 11.8 Å². The Morgan fingerprint density at radius 1 is 1.10 bits per heavy atom. The molecule has 11 heteroatoms. The summed E-state index contributed by atoms with van der Waals surface area (Å²) in [4.78, 5) is 29.0. The summed E-state index contributed by atoms with van der Waals surface area (Å²) in [5.41, 5.74) is 8.32. The molecule has 0 radical (unpaired) electrons. The fraction of sp³-hybridized carbons (Fsp3) is 0.511. The quantitative estimate of drug-likeness (QED) is 0.0386. The summed E-state index contributed by atoms with van der Waals surface area (Å²) in [6.45, 7) is 22.7. The average Bonchev–Trinajstić information content (AvgIpc) is 3.22. The number of nitrogens with one attached hydrogen (secondary N) is 1. The molecule has 0 fully saturated rings. The first kappa shape index (κ1) is 48.6. The largest absolute Gasteiger partial charge is 0.460 e. The number of carbonyl (C=O) groups excluding carboxylic acids is 2. The maximum Gasteiger partial charge on any atom is 0.338 e. The van der Waals surface area contributed by atoms with E-state index >= 15 is 0 Å². The maximum absolute atomic E-state index is 13.9. The highest BCUT2D eigenvalue weighted by molar-refractivity contribution is 8.47. The Morgan fingerprint density at radius 3 is 2.50 bits per heavy atom. The smallest absolute Gasteiger partial charge is 0.338 e. The van der Waals surface area contributed by atoms with Crippen molar-refractivity contribution >= 4 is 62.4 Å². The third-order valence-corrected chi connectivity index (χ3v) is 13.5. The van der Waals surface area contributed by atoms with Crippen LogP contribution in [0.2, 0.25) is 0 Å². The summed E-state index contributed by atoms with van der Waals surface area (Å²) in [5.74, 6) is 1.98. The SMILES string of the molecule is C=C1Oc2cc(N(CC)CCC(CC)CC=C=CCCC)ccc2C(c2ccccc2C(=O)OCCNC(=O)CCC(C)(C#N)SC(=S)SCC)=C1[N+](C)(CC)CC. The summed E-state index contributed by atoms with van der Waals surface area (Å²) in [7, 11) is 2.17. The normalized spacial score (nSPS) is 13.9. The van der Waals surface area contributed by atoms with Gasteiger partial charge in [-0.2, -0.15) is 5.26 Å². The molecule has 0 saturated heterocycles. The van der Waals surface area contributed by atoms with Crippen molar-refractivity contribution in [1.82, 2.24) is 5.32 Å². The molecule has 1 aliphatic heterocycles. The molecule has 1 aliphatic rings. The number of thiocarbonyl (C=S) groups is 1. The van der Waals surface area contributed by atoms with Gasteiger partial charge in [0.15, 0.2) is 11.5 Å². The van der Waals surface area contributed by atoms with Crippen molar-refractivity contribution in [2.24, 2.45) is 5.92 Å². The predicted octanol–water partition coefficient (Wildman–Crippen LogP) is 11.1. The first-order valence-corrected chi connectivity index (χ1v) is 23.1. The second-order valence-electron chi connectivity index (χ2n) is 14.9. The standard InChI is InChI=1S/C47H64N4O4S3/c1-10-16-17-18-19-22-36(11-2)28-31-50(12-3)37-25-26-40-41(33-37)55-35(7)44(51(9,13-4)14-5)43(40)38-23-20-21-24-39(38)45(53)54-32-30-49-42(52)27-29-47(8,34-48)58-46(56)57-15-6/h17,19-21,23-26,33,36H,7,10-16,22,27-32H2,1-6,8-9H3/p+1. The van der Waals surface area contributed by atoms with E-state index in [0.717, 1.165) is 92.1 Å². The highest BCUT2D eigenvalue weighted by Crippen LogP contribution is 2.46. The third kappa shape index (κ3) is 13.6. The van der Waals surface area contributed by atoms with Crippen molar-refractivity contribution < 1.29 is 23.5 Å². The minimum Gasteiger partial charge on any atom is -0.460 e. The number of hydrogen-bond acceptors (Lipinski definition) is 9. The van der Waals surface area contributed by atoms with Gasteiger partial charge < -0.3 is 19.7 Å². The number of amides is 1. The van der Waals surface area contributed by atoms with Crippen LogP contribution in [0.15, 0.2) is 78.4 Å². The molecule has 1 amide bonds. The van der Waals surface area contributed by atoms with Gasteiger partial charge in [0.25, 0.3) is 0 Å². The van der Waals surface area contributed by atoms with Crippen LogP contribution in [0.3, 0.4) is 0 Å². The Labute approximate surface area is 362 Å². The zero-order valence-electron chi connectivity index (χ0n) is 36.1. The third-order valence-electron chi connectivity index (χ3n) is 10.9. The first-order chi connectivity index (χ1) is 27.8. The fourth-order valence-corrected chi connectivity index (χ4v) is 9.76. The van der Waals surface area contributed by atoms with Gasteiger partial charge in [0.05, 0.1) is 43.9 Å². The minimum absolute atomic E-state index is 0.00262. The van der Waals surface area contributed by atoms with Crippen molar-refractivity contribution in [3.05, 3.63) is 95.1 Å². The predicted molar refractivity (Wildman–Crippen MR) is 249 cm³/mol. The molecule has 1 heterocycles. The van der Waals surface area contributed by atoms with Crippen LogP contribution in [0.5, 0.6) is 5.75 Å². The van der Waals surface area contributed by atoms with Crippen molar-refractivity contribution in [2.45, 2.75) is 98.2 Å². The number of nitrogens with zero attached hydrogens (tertiary/aromatic N) is 3. The van der Waals surface area contributed by atoms with E-state index in [1.54, 1.807) is 13.0 Å². The van der Waals surface area contributed by atoms with E-state index in [4.69, 9.17) is 21.7 Å². The lowest BCUT2D eigenvalue weighted by Crippen LogP contribution is -2.45. The number of hydrogen-bond donors (Lipinski definition) is 1. The number of nitriles is 1. The highest BCUT2D eigenvalue weighted by Gasteiger charge is 2.38. The number of anilines is 1. The van der Waals surface area contributed by atoms with E-state index in [1.807, 2.05) is 25.1 Å². The monoisotopic (exact) mass is 845 g/mol. The number of carbonyl (C=O) groups is 2. The summed E-state index contributed by atoms with van der Waals surface area (Å²) in [6.07, 6.45) is 10.3. The number of fused-ring (bicyclic) bond motifs is 1. The van der Waals surface area contributed by atoms with Crippen LogP contribution in [0.25, 0.3) is 5.57 Å². The van der Waals surface area contributed by atoms with E-state index in [0.29, 0.717) is 37.4 Å². The van der Waals surface area contributed by atoms with Crippen molar-refractivity contribution in [3.63, 3.8) is 0 Å². The molecule has 2 unspecified atom stereocenters. The minimum atomic E-state index is -0.795. The molecule has 3 rings (SSSR count). The van der Waals surface area contributed by atoms with Gasteiger partial charge in [-0.25, -0.2) is 4.79 Å². The topological polar surface area (TPSA) is 91.7 Å². The van der Waals surface area contributed by atoms with Gasteiger partial charge in [-0.1, -0.05) is 75.8 Å². The Bertz CT molecular complexity index is 1870. The van der Waals surface area contributed by atoms with Crippen LogP contribution in [0.4, 0.5) is 5.69 Å². The number of esters is 1. The number of ether oxygens (including phenoxy) is 2. The molecule has 1 N–H and O–H groups in total. The molecule has 0 saturated carbocycles. The van der Waals surface area contributed by atoms with Gasteiger partial charge in [0, 0.05) is 42.4 Å². The summed E-state index contributed by atoms with van der Waals surface area (Å²) in [5, 5.41) is 12.6. The summed E-state index contributed by atoms with van der Waals surface area (Å²) in [6, 6.07) is 16.2. The lowest BCUT2D eigenvalue weighted by molar-refractivity contribution is -0.867. The zero-order valence-corrected chi connectivity index (χ0v) is 38.5. The fourth-order valence-electron chi connectivity index (χ4n) is 6.87. The molecule has 314 valence electrons. The molecule has 2 aromatic carbocycles. The van der Waals surface area contributed by atoms with E-state index < -0.39 is 10.7 Å². The zero-order chi connectivity index (χ0) is 42.7. The molecular weight excluding hydrogens is 781 g/mol. The molecule has 8 nitrogen and oxygen atoms in total. The van der Waals surface area contributed by atoms with Crippen LogP contribution >= 0.6 is 35.7 Å². The molecule has 0 aliphatic carbocycles. The maximum atomic E-state index is 13.9. The Balaban J connectivity index is 1.86. The summed E-state index contributed by atoms with van der Waals surface area (Å²) >= 11 is 8.22. The number of rotatable bonds is 23. The number of quaternary nitrogens is 1. The molecule has 0 bridgehead atoms. The average molecular weight is 846 g/mol. The molecule has 58 heavy (non-hydrogen) atoms. The van der Waals surface area contributed by atoms with Crippen molar-refractivity contribution in [1.29, 1.82) is 5.26 Å². The highest BCUT2D eigenvalue weighted by atomic mass is 32.2. The van der Waals surface area contributed by atoms with Gasteiger partial charge in [0.1, 0.15) is 20.6 Å². The van der Waals surface area contributed by atoms with Gasteiger partial charge in [-0.05, 0) is 102 Å². The van der Waals surface area contributed by atoms with Gasteiger partial charge in [-0.15, -0.1) is 17.5 Å². The van der Waals surface area contributed by atoms with E-state index in [2.05, 4.69) is 101 Å². The number of benzene rings is 2. The van der Waals surface area contributed by atoms with Gasteiger partial charge >= 0.3 is 5.97 Å². The number of unbranched alkanes of at least 4 members (excludes halogenated alkanes) is 1. The number of allylic oxidation sites excluding steroid dienone is 1. The Hall–Kier alpha value is -3.78. The van der Waals surface area contributed by atoms with Crippen LogP contribution in [-0.2, 0) is 9.53 Å². The van der Waals surface area contributed by atoms with Gasteiger partial charge in [-0.3, -0.25) is 9.28 Å². The molecule has 2 atom stereocenters.